The van der Waals surface area contributed by atoms with Gasteiger partial charge in [-0.1, -0.05) is 11.9 Å². The average Bonchev–Trinajstić information content (AvgIpc) is 3.43. The first kappa shape index (κ1) is 18.8. The Balaban J connectivity index is 1.61. The van der Waals surface area contributed by atoms with E-state index in [4.69, 9.17) is 14.7 Å². The number of anilines is 1. The summed E-state index contributed by atoms with van der Waals surface area (Å²) in [5, 5.41) is 1.06. The van der Waals surface area contributed by atoms with E-state index in [9.17, 15) is 0 Å². The number of aromatic amines is 1. The third-order valence-corrected chi connectivity index (χ3v) is 6.77. The molecule has 0 aromatic carbocycles. The molecule has 0 amide bonds. The summed E-state index contributed by atoms with van der Waals surface area (Å²) in [5.74, 6) is 2.22. The first-order chi connectivity index (χ1) is 14.2. The van der Waals surface area contributed by atoms with E-state index in [0.717, 1.165) is 73.2 Å². The molecule has 8 heteroatoms. The lowest BCUT2D eigenvalue weighted by molar-refractivity contribution is 0.0985. The van der Waals surface area contributed by atoms with Crippen LogP contribution >= 0.6 is 11.9 Å². The molecule has 0 bridgehead atoms. The van der Waals surface area contributed by atoms with E-state index in [0.29, 0.717) is 12.0 Å². The summed E-state index contributed by atoms with van der Waals surface area (Å²) in [6.45, 7) is 6.66. The van der Waals surface area contributed by atoms with Gasteiger partial charge in [0.05, 0.1) is 24.9 Å². The molecule has 3 aromatic heterocycles. The monoisotopic (exact) mass is 410 g/mol. The van der Waals surface area contributed by atoms with Crippen LogP contribution in [-0.2, 0) is 4.74 Å². The Hall–Kier alpha value is -2.16. The van der Waals surface area contributed by atoms with Crippen LogP contribution in [-0.4, -0.2) is 69.4 Å². The molecule has 0 spiro atoms. The molecular formula is C21H26N6OS. The van der Waals surface area contributed by atoms with Gasteiger partial charge in [0.15, 0.2) is 5.82 Å². The second-order valence-electron chi connectivity index (χ2n) is 7.75. The quantitative estimate of drug-likeness (QED) is 0.662. The summed E-state index contributed by atoms with van der Waals surface area (Å²) in [6.07, 6.45) is 7.02. The standard InChI is InChI=1S/C21H26N6OS/c1-14-13-28-10-9-27(14)19-11-18(15-5-8-26(12-15)29-2)24-21(25-19)17-4-7-23-20-16(17)3-6-22-20/h3-4,6-7,11,14-15H,5,8-10,12-13H2,1-2H3,(H,22,23). The summed E-state index contributed by atoms with van der Waals surface area (Å²) in [4.78, 5) is 20.1. The number of morpholine rings is 1. The Morgan fingerprint density at radius 2 is 2.17 bits per heavy atom. The number of rotatable bonds is 4. The lowest BCUT2D eigenvalue weighted by Crippen LogP contribution is -2.44. The van der Waals surface area contributed by atoms with Crippen molar-refractivity contribution in [3.05, 3.63) is 36.3 Å². The minimum atomic E-state index is 0.301. The Morgan fingerprint density at radius 1 is 1.24 bits per heavy atom. The van der Waals surface area contributed by atoms with Crippen LogP contribution in [0.15, 0.2) is 30.6 Å². The number of H-pyrrole nitrogens is 1. The summed E-state index contributed by atoms with van der Waals surface area (Å²) in [7, 11) is 0. The van der Waals surface area contributed by atoms with Crippen LogP contribution in [0.4, 0.5) is 5.82 Å². The molecule has 5 heterocycles. The summed E-state index contributed by atoms with van der Waals surface area (Å²) in [5.41, 5.74) is 3.04. The highest BCUT2D eigenvalue weighted by Gasteiger charge is 2.28. The van der Waals surface area contributed by atoms with Crippen molar-refractivity contribution in [1.82, 2.24) is 24.2 Å². The van der Waals surface area contributed by atoms with Crippen LogP contribution in [0.1, 0.15) is 25.0 Å². The maximum Gasteiger partial charge on any atom is 0.162 e. The number of hydrogen-bond acceptors (Lipinski definition) is 7. The molecule has 2 unspecified atom stereocenters. The van der Waals surface area contributed by atoms with Crippen LogP contribution in [0.5, 0.6) is 0 Å². The smallest absolute Gasteiger partial charge is 0.162 e. The normalized spacial score (nSPS) is 23.2. The zero-order valence-electron chi connectivity index (χ0n) is 16.8. The number of nitrogens with one attached hydrogen (secondary N) is 1. The zero-order chi connectivity index (χ0) is 19.8. The number of fused-ring (bicyclic) bond motifs is 1. The van der Waals surface area contributed by atoms with Gasteiger partial charge in [-0.3, -0.25) is 4.31 Å². The van der Waals surface area contributed by atoms with Crippen LogP contribution in [0, 0.1) is 0 Å². The van der Waals surface area contributed by atoms with Crippen LogP contribution < -0.4 is 4.90 Å². The Kier molecular flexibility index (Phi) is 5.15. The van der Waals surface area contributed by atoms with Gasteiger partial charge < -0.3 is 14.6 Å². The zero-order valence-corrected chi connectivity index (χ0v) is 17.7. The van der Waals surface area contributed by atoms with Crippen LogP contribution in [0.25, 0.3) is 22.4 Å². The molecule has 0 saturated carbocycles. The highest BCUT2D eigenvalue weighted by molar-refractivity contribution is 7.96. The SMILES string of the molecule is CSN1CCC(c2cc(N3CCOCC3C)nc(-c3ccnc4[nH]ccc34)n2)C1. The maximum absolute atomic E-state index is 5.65. The number of nitrogens with zero attached hydrogens (tertiary/aromatic N) is 5. The van der Waals surface area contributed by atoms with Crippen molar-refractivity contribution in [2.45, 2.75) is 25.3 Å². The van der Waals surface area contributed by atoms with Crippen molar-refractivity contribution in [3.63, 3.8) is 0 Å². The Labute approximate surface area is 175 Å². The topological polar surface area (TPSA) is 70.2 Å². The van der Waals surface area contributed by atoms with E-state index in [1.165, 1.54) is 0 Å². The average molecular weight is 411 g/mol. The van der Waals surface area contributed by atoms with E-state index in [-0.39, 0.29) is 0 Å². The van der Waals surface area contributed by atoms with Crippen molar-refractivity contribution < 1.29 is 4.74 Å². The minimum absolute atomic E-state index is 0.301. The van der Waals surface area contributed by atoms with Gasteiger partial charge in [-0.15, -0.1) is 0 Å². The Morgan fingerprint density at radius 3 is 3.00 bits per heavy atom. The van der Waals surface area contributed by atoms with E-state index in [1.807, 2.05) is 30.4 Å². The van der Waals surface area contributed by atoms with Gasteiger partial charge in [-0.25, -0.2) is 15.0 Å². The molecule has 7 nitrogen and oxygen atoms in total. The van der Waals surface area contributed by atoms with E-state index < -0.39 is 0 Å². The second kappa shape index (κ2) is 7.93. The molecule has 5 rings (SSSR count). The minimum Gasteiger partial charge on any atom is -0.377 e. The van der Waals surface area contributed by atoms with Crippen LogP contribution in [0.3, 0.4) is 0 Å². The molecular weight excluding hydrogens is 384 g/mol. The fourth-order valence-corrected chi connectivity index (χ4v) is 4.91. The van der Waals surface area contributed by atoms with Gasteiger partial charge >= 0.3 is 0 Å². The van der Waals surface area contributed by atoms with Gasteiger partial charge in [-0.2, -0.15) is 0 Å². The van der Waals surface area contributed by atoms with Gasteiger partial charge in [0, 0.05) is 55.0 Å². The maximum atomic E-state index is 5.65. The number of pyridine rings is 1. The van der Waals surface area contributed by atoms with E-state index >= 15 is 0 Å². The highest BCUT2D eigenvalue weighted by Crippen LogP contribution is 2.34. The highest BCUT2D eigenvalue weighted by atomic mass is 32.2. The molecule has 0 aliphatic carbocycles. The van der Waals surface area contributed by atoms with Gasteiger partial charge in [0.25, 0.3) is 0 Å². The van der Waals surface area contributed by atoms with E-state index in [2.05, 4.69) is 44.5 Å². The molecule has 2 atom stereocenters. The van der Waals surface area contributed by atoms with Crippen LogP contribution in [0.2, 0.25) is 0 Å². The first-order valence-electron chi connectivity index (χ1n) is 10.2. The number of ether oxygens (including phenoxy) is 1. The fourth-order valence-electron chi connectivity index (χ4n) is 4.29. The lowest BCUT2D eigenvalue weighted by Gasteiger charge is -2.34. The Bertz CT molecular complexity index is 1010. The van der Waals surface area contributed by atoms with Crippen molar-refractivity contribution in [1.29, 1.82) is 0 Å². The first-order valence-corrected chi connectivity index (χ1v) is 11.4. The molecule has 152 valence electrons. The second-order valence-corrected chi connectivity index (χ2v) is 8.63. The van der Waals surface area contributed by atoms with Gasteiger partial charge in [0.2, 0.25) is 0 Å². The largest absolute Gasteiger partial charge is 0.377 e. The van der Waals surface area contributed by atoms with Crippen molar-refractivity contribution in [2.75, 3.05) is 44.0 Å². The lowest BCUT2D eigenvalue weighted by atomic mass is 10.0. The molecule has 2 saturated heterocycles. The molecule has 29 heavy (non-hydrogen) atoms. The van der Waals surface area contributed by atoms with Gasteiger partial charge in [-0.05, 0) is 31.7 Å². The molecule has 2 aliphatic rings. The molecule has 3 aromatic rings. The molecule has 2 aliphatic heterocycles. The molecule has 0 radical (unpaired) electrons. The summed E-state index contributed by atoms with van der Waals surface area (Å²) in [6, 6.07) is 6.57. The third kappa shape index (κ3) is 3.60. The predicted octanol–water partition coefficient (Wildman–Crippen LogP) is 3.31. The predicted molar refractivity (Wildman–Crippen MR) is 117 cm³/mol. The fraction of sp³-hybridized carbons (Fsp3) is 0.476. The van der Waals surface area contributed by atoms with Crippen molar-refractivity contribution in [2.24, 2.45) is 0 Å². The van der Waals surface area contributed by atoms with Crippen molar-refractivity contribution >= 4 is 28.8 Å². The third-order valence-electron chi connectivity index (χ3n) is 5.92. The number of aromatic nitrogens is 4. The van der Waals surface area contributed by atoms with E-state index in [1.54, 1.807) is 0 Å². The molecule has 2 fully saturated rings. The summed E-state index contributed by atoms with van der Waals surface area (Å²) < 4.78 is 8.06. The number of hydrogen-bond donors (Lipinski definition) is 1. The summed E-state index contributed by atoms with van der Waals surface area (Å²) >= 11 is 1.82. The molecule has 1 N–H and O–H groups in total. The van der Waals surface area contributed by atoms with Crippen molar-refractivity contribution in [3.8, 4) is 11.4 Å². The van der Waals surface area contributed by atoms with Gasteiger partial charge in [0.1, 0.15) is 11.5 Å².